The van der Waals surface area contributed by atoms with Crippen molar-refractivity contribution in [2.45, 2.75) is 26.7 Å². The SMILES string of the molecule is CC(C)C(=O)N1CCCC(=O)N(CC(=O)O)C1. The maximum Gasteiger partial charge on any atom is 0.323 e. The fourth-order valence-corrected chi connectivity index (χ4v) is 1.78. The molecule has 0 unspecified atom stereocenters. The Labute approximate surface area is 100 Å². The molecule has 6 heteroatoms. The molecule has 1 fully saturated rings. The van der Waals surface area contributed by atoms with Crippen LogP contribution in [-0.2, 0) is 14.4 Å². The first-order valence-electron chi connectivity index (χ1n) is 5.70. The maximum absolute atomic E-state index is 11.8. The van der Waals surface area contributed by atoms with Crippen LogP contribution in [0.25, 0.3) is 0 Å². The highest BCUT2D eigenvalue weighted by atomic mass is 16.4. The van der Waals surface area contributed by atoms with Gasteiger partial charge in [-0.3, -0.25) is 14.4 Å². The molecule has 0 aromatic carbocycles. The number of hydrogen-bond donors (Lipinski definition) is 1. The Bertz CT molecular complexity index is 327. The first-order chi connectivity index (χ1) is 7.91. The summed E-state index contributed by atoms with van der Waals surface area (Å²) in [6, 6.07) is 0. The van der Waals surface area contributed by atoms with E-state index in [1.165, 1.54) is 4.90 Å². The summed E-state index contributed by atoms with van der Waals surface area (Å²) in [6.07, 6.45) is 0.891. The lowest BCUT2D eigenvalue weighted by Gasteiger charge is -2.27. The van der Waals surface area contributed by atoms with Crippen LogP contribution in [0, 0.1) is 5.92 Å². The lowest BCUT2D eigenvalue weighted by molar-refractivity contribution is -0.147. The van der Waals surface area contributed by atoms with E-state index in [1.807, 2.05) is 0 Å². The molecule has 0 aliphatic carbocycles. The molecule has 1 heterocycles. The first kappa shape index (κ1) is 13.5. The smallest absolute Gasteiger partial charge is 0.323 e. The summed E-state index contributed by atoms with van der Waals surface area (Å²) in [5.74, 6) is -1.45. The van der Waals surface area contributed by atoms with Gasteiger partial charge in [-0.25, -0.2) is 0 Å². The molecular formula is C11H18N2O4. The van der Waals surface area contributed by atoms with Gasteiger partial charge in [0.25, 0.3) is 0 Å². The Morgan fingerprint density at radius 2 is 2.06 bits per heavy atom. The topological polar surface area (TPSA) is 77.9 Å². The number of nitrogens with zero attached hydrogens (tertiary/aromatic N) is 2. The van der Waals surface area contributed by atoms with Crippen molar-refractivity contribution < 1.29 is 19.5 Å². The van der Waals surface area contributed by atoms with Gasteiger partial charge in [0.05, 0.1) is 6.67 Å². The molecule has 0 aromatic heterocycles. The molecule has 2 amide bonds. The third-order valence-corrected chi connectivity index (χ3v) is 2.64. The van der Waals surface area contributed by atoms with Gasteiger partial charge in [-0.2, -0.15) is 0 Å². The minimum atomic E-state index is -1.06. The molecule has 0 radical (unpaired) electrons. The molecule has 1 aliphatic rings. The Morgan fingerprint density at radius 3 is 2.59 bits per heavy atom. The Hall–Kier alpha value is -1.59. The zero-order valence-corrected chi connectivity index (χ0v) is 10.2. The second-order valence-corrected chi connectivity index (χ2v) is 4.49. The molecule has 17 heavy (non-hydrogen) atoms. The van der Waals surface area contributed by atoms with E-state index in [0.29, 0.717) is 19.4 Å². The van der Waals surface area contributed by atoms with Gasteiger partial charge < -0.3 is 14.9 Å². The van der Waals surface area contributed by atoms with E-state index in [-0.39, 0.29) is 30.9 Å². The maximum atomic E-state index is 11.8. The third kappa shape index (κ3) is 3.72. The molecular weight excluding hydrogens is 224 g/mol. The normalized spacial score (nSPS) is 17.2. The second-order valence-electron chi connectivity index (χ2n) is 4.49. The lowest BCUT2D eigenvalue weighted by atomic mass is 10.2. The summed E-state index contributed by atoms with van der Waals surface area (Å²) in [5, 5.41) is 8.71. The third-order valence-electron chi connectivity index (χ3n) is 2.64. The predicted octanol–water partition coefficient (Wildman–Crippen LogP) is 0.136. The zero-order chi connectivity index (χ0) is 13.0. The summed E-state index contributed by atoms with van der Waals surface area (Å²) in [6.45, 7) is 3.83. The van der Waals surface area contributed by atoms with E-state index in [0.717, 1.165) is 0 Å². The van der Waals surface area contributed by atoms with Gasteiger partial charge in [0.1, 0.15) is 6.54 Å². The van der Waals surface area contributed by atoms with Crippen molar-refractivity contribution in [1.29, 1.82) is 0 Å². The van der Waals surface area contributed by atoms with Crippen LogP contribution in [0.4, 0.5) is 0 Å². The van der Waals surface area contributed by atoms with E-state index < -0.39 is 5.97 Å². The van der Waals surface area contributed by atoms with Crippen LogP contribution < -0.4 is 0 Å². The number of aliphatic carboxylic acids is 1. The average molecular weight is 242 g/mol. The predicted molar refractivity (Wildman–Crippen MR) is 60.0 cm³/mol. The highest BCUT2D eigenvalue weighted by Gasteiger charge is 2.26. The zero-order valence-electron chi connectivity index (χ0n) is 10.2. The number of rotatable bonds is 3. The lowest BCUT2D eigenvalue weighted by Crippen LogP contribution is -2.45. The largest absolute Gasteiger partial charge is 0.480 e. The molecule has 1 N–H and O–H groups in total. The van der Waals surface area contributed by atoms with Crippen LogP contribution >= 0.6 is 0 Å². The van der Waals surface area contributed by atoms with Crippen molar-refractivity contribution >= 4 is 17.8 Å². The van der Waals surface area contributed by atoms with E-state index in [1.54, 1.807) is 18.7 Å². The minimum Gasteiger partial charge on any atom is -0.480 e. The van der Waals surface area contributed by atoms with Crippen molar-refractivity contribution in [3.05, 3.63) is 0 Å². The summed E-state index contributed by atoms with van der Waals surface area (Å²) in [4.78, 5) is 36.9. The molecule has 1 rings (SSSR count). The fourth-order valence-electron chi connectivity index (χ4n) is 1.78. The Kier molecular flexibility index (Phi) is 4.48. The molecule has 0 bridgehead atoms. The number of amides is 2. The highest BCUT2D eigenvalue weighted by Crippen LogP contribution is 2.11. The standard InChI is InChI=1S/C11H18N2O4/c1-8(2)11(17)12-5-3-4-9(14)13(7-12)6-10(15)16/h8H,3-7H2,1-2H3,(H,15,16). The number of carboxylic acid groups (broad SMARTS) is 1. The summed E-state index contributed by atoms with van der Waals surface area (Å²) < 4.78 is 0. The van der Waals surface area contributed by atoms with E-state index in [4.69, 9.17) is 5.11 Å². The minimum absolute atomic E-state index is 0.0462. The van der Waals surface area contributed by atoms with Crippen LogP contribution in [0.5, 0.6) is 0 Å². The van der Waals surface area contributed by atoms with Crippen molar-refractivity contribution in [2.24, 2.45) is 5.92 Å². The van der Waals surface area contributed by atoms with Gasteiger partial charge in [0.15, 0.2) is 0 Å². The Balaban J connectivity index is 2.73. The van der Waals surface area contributed by atoms with Gasteiger partial charge >= 0.3 is 5.97 Å². The first-order valence-corrected chi connectivity index (χ1v) is 5.70. The average Bonchev–Trinajstić information content (AvgIpc) is 2.40. The fraction of sp³-hybridized carbons (Fsp3) is 0.727. The molecule has 96 valence electrons. The molecule has 1 aliphatic heterocycles. The van der Waals surface area contributed by atoms with E-state index in [2.05, 4.69) is 0 Å². The summed E-state index contributed by atoms with van der Waals surface area (Å²) in [7, 11) is 0. The van der Waals surface area contributed by atoms with Crippen LogP contribution in [0.15, 0.2) is 0 Å². The van der Waals surface area contributed by atoms with Gasteiger partial charge in [-0.1, -0.05) is 13.8 Å². The van der Waals surface area contributed by atoms with Gasteiger partial charge in [-0.05, 0) is 6.42 Å². The molecule has 6 nitrogen and oxygen atoms in total. The van der Waals surface area contributed by atoms with Crippen LogP contribution in [-0.4, -0.2) is 52.4 Å². The Morgan fingerprint density at radius 1 is 1.41 bits per heavy atom. The van der Waals surface area contributed by atoms with Crippen molar-refractivity contribution in [3.8, 4) is 0 Å². The van der Waals surface area contributed by atoms with Gasteiger partial charge in [0.2, 0.25) is 11.8 Å². The number of carbonyl (C=O) groups is 3. The number of carbonyl (C=O) groups excluding carboxylic acids is 2. The highest BCUT2D eigenvalue weighted by molar-refractivity contribution is 5.83. The monoisotopic (exact) mass is 242 g/mol. The van der Waals surface area contributed by atoms with E-state index in [9.17, 15) is 14.4 Å². The van der Waals surface area contributed by atoms with Crippen molar-refractivity contribution in [1.82, 2.24) is 9.80 Å². The quantitative estimate of drug-likeness (QED) is 0.763. The van der Waals surface area contributed by atoms with E-state index >= 15 is 0 Å². The molecule has 0 saturated carbocycles. The molecule has 1 saturated heterocycles. The van der Waals surface area contributed by atoms with Crippen LogP contribution in [0.1, 0.15) is 26.7 Å². The number of hydrogen-bond acceptors (Lipinski definition) is 3. The van der Waals surface area contributed by atoms with Crippen molar-refractivity contribution in [3.63, 3.8) is 0 Å². The summed E-state index contributed by atoms with van der Waals surface area (Å²) in [5.41, 5.74) is 0. The van der Waals surface area contributed by atoms with Crippen LogP contribution in [0.3, 0.4) is 0 Å². The van der Waals surface area contributed by atoms with Gasteiger partial charge in [-0.15, -0.1) is 0 Å². The van der Waals surface area contributed by atoms with Gasteiger partial charge in [0, 0.05) is 18.9 Å². The van der Waals surface area contributed by atoms with Crippen LogP contribution in [0.2, 0.25) is 0 Å². The summed E-state index contributed by atoms with van der Waals surface area (Å²) >= 11 is 0. The second kappa shape index (κ2) is 5.65. The van der Waals surface area contributed by atoms with Crippen molar-refractivity contribution in [2.75, 3.05) is 19.8 Å². The molecule has 0 aromatic rings. The molecule has 0 spiro atoms. The molecule has 0 atom stereocenters. The number of carboxylic acids is 1.